The summed E-state index contributed by atoms with van der Waals surface area (Å²) in [6.07, 6.45) is 1.73. The molecule has 0 aromatic heterocycles. The van der Waals surface area contributed by atoms with Crippen LogP contribution in [-0.2, 0) is 9.53 Å². The standard InChI is InChI=1S/C10H20N2O2/c1-4-6-11-9-10(13)12(5-2)7-8-14-3/h4,11H,1,5-9H2,2-3H3. The minimum Gasteiger partial charge on any atom is -0.383 e. The van der Waals surface area contributed by atoms with Gasteiger partial charge in [-0.15, -0.1) is 6.58 Å². The molecule has 0 spiro atoms. The average Bonchev–Trinajstić information content (AvgIpc) is 2.19. The molecule has 0 rings (SSSR count). The molecule has 0 radical (unpaired) electrons. The molecular weight excluding hydrogens is 180 g/mol. The molecule has 0 saturated carbocycles. The lowest BCUT2D eigenvalue weighted by molar-refractivity contribution is -0.130. The van der Waals surface area contributed by atoms with Crippen LogP contribution in [-0.4, -0.2) is 50.7 Å². The Morgan fingerprint density at radius 1 is 1.64 bits per heavy atom. The first-order valence-corrected chi connectivity index (χ1v) is 4.84. The van der Waals surface area contributed by atoms with Gasteiger partial charge in [0.1, 0.15) is 0 Å². The third-order valence-electron chi connectivity index (χ3n) is 1.86. The number of carbonyl (C=O) groups is 1. The van der Waals surface area contributed by atoms with Crippen molar-refractivity contribution in [3.63, 3.8) is 0 Å². The van der Waals surface area contributed by atoms with Crippen LogP contribution < -0.4 is 5.32 Å². The summed E-state index contributed by atoms with van der Waals surface area (Å²) < 4.78 is 4.92. The zero-order chi connectivity index (χ0) is 10.8. The zero-order valence-corrected chi connectivity index (χ0v) is 9.08. The van der Waals surface area contributed by atoms with E-state index in [1.165, 1.54) is 0 Å². The van der Waals surface area contributed by atoms with Crippen molar-refractivity contribution >= 4 is 5.91 Å². The maximum absolute atomic E-state index is 11.5. The predicted octanol–water partition coefficient (Wildman–Crippen LogP) is 0.257. The van der Waals surface area contributed by atoms with Gasteiger partial charge in [-0.3, -0.25) is 4.79 Å². The fraction of sp³-hybridized carbons (Fsp3) is 0.700. The minimum absolute atomic E-state index is 0.103. The molecule has 1 amide bonds. The van der Waals surface area contributed by atoms with E-state index >= 15 is 0 Å². The smallest absolute Gasteiger partial charge is 0.236 e. The SMILES string of the molecule is C=CCNCC(=O)N(CC)CCOC. The molecule has 0 unspecified atom stereocenters. The topological polar surface area (TPSA) is 41.6 Å². The number of nitrogens with one attached hydrogen (secondary N) is 1. The highest BCUT2D eigenvalue weighted by Gasteiger charge is 2.09. The number of amides is 1. The predicted molar refractivity (Wildman–Crippen MR) is 57.2 cm³/mol. The quantitative estimate of drug-likeness (QED) is 0.451. The number of methoxy groups -OCH3 is 1. The van der Waals surface area contributed by atoms with Gasteiger partial charge in [0.05, 0.1) is 13.2 Å². The highest BCUT2D eigenvalue weighted by Crippen LogP contribution is 1.88. The third kappa shape index (κ3) is 5.72. The van der Waals surface area contributed by atoms with Crippen molar-refractivity contribution in [3.8, 4) is 0 Å². The Morgan fingerprint density at radius 3 is 2.86 bits per heavy atom. The third-order valence-corrected chi connectivity index (χ3v) is 1.86. The molecule has 4 nitrogen and oxygen atoms in total. The largest absolute Gasteiger partial charge is 0.383 e. The van der Waals surface area contributed by atoms with Gasteiger partial charge in [-0.2, -0.15) is 0 Å². The first kappa shape index (κ1) is 13.1. The van der Waals surface area contributed by atoms with Gasteiger partial charge < -0.3 is 15.0 Å². The van der Waals surface area contributed by atoms with E-state index in [0.717, 1.165) is 6.54 Å². The minimum atomic E-state index is 0.103. The van der Waals surface area contributed by atoms with Crippen molar-refractivity contribution in [2.75, 3.05) is 39.9 Å². The number of rotatable bonds is 8. The molecule has 0 aliphatic rings. The van der Waals surface area contributed by atoms with Gasteiger partial charge in [0.25, 0.3) is 0 Å². The Balaban J connectivity index is 3.73. The van der Waals surface area contributed by atoms with Gasteiger partial charge in [0, 0.05) is 26.7 Å². The van der Waals surface area contributed by atoms with Crippen molar-refractivity contribution in [1.29, 1.82) is 0 Å². The van der Waals surface area contributed by atoms with Crippen LogP contribution in [0.3, 0.4) is 0 Å². The van der Waals surface area contributed by atoms with Crippen LogP contribution in [0.15, 0.2) is 12.7 Å². The highest BCUT2D eigenvalue weighted by molar-refractivity contribution is 5.78. The Labute approximate surface area is 85.9 Å². The Bertz CT molecular complexity index is 172. The second-order valence-corrected chi connectivity index (χ2v) is 2.89. The van der Waals surface area contributed by atoms with Gasteiger partial charge in [-0.1, -0.05) is 6.08 Å². The fourth-order valence-electron chi connectivity index (χ4n) is 1.05. The molecule has 0 aliphatic carbocycles. The van der Waals surface area contributed by atoms with Gasteiger partial charge >= 0.3 is 0 Å². The lowest BCUT2D eigenvalue weighted by Crippen LogP contribution is -2.39. The van der Waals surface area contributed by atoms with E-state index in [4.69, 9.17) is 4.74 Å². The van der Waals surface area contributed by atoms with E-state index in [-0.39, 0.29) is 5.91 Å². The summed E-state index contributed by atoms with van der Waals surface area (Å²) in [6, 6.07) is 0. The molecule has 0 fully saturated rings. The molecule has 0 aromatic rings. The Morgan fingerprint density at radius 2 is 2.36 bits per heavy atom. The van der Waals surface area contributed by atoms with Crippen molar-refractivity contribution < 1.29 is 9.53 Å². The monoisotopic (exact) mass is 200 g/mol. The molecule has 4 heteroatoms. The molecule has 1 N–H and O–H groups in total. The summed E-state index contributed by atoms with van der Waals surface area (Å²) in [5.41, 5.74) is 0. The molecule has 0 aromatic carbocycles. The van der Waals surface area contributed by atoms with Gasteiger partial charge in [0.15, 0.2) is 0 Å². The summed E-state index contributed by atoms with van der Waals surface area (Å²) in [5.74, 6) is 0.103. The number of hydrogen-bond donors (Lipinski definition) is 1. The van der Waals surface area contributed by atoms with Crippen LogP contribution in [0.1, 0.15) is 6.92 Å². The summed E-state index contributed by atoms with van der Waals surface area (Å²) in [5, 5.41) is 2.98. The first-order valence-electron chi connectivity index (χ1n) is 4.84. The second-order valence-electron chi connectivity index (χ2n) is 2.89. The van der Waals surface area contributed by atoms with Crippen LogP contribution in [0, 0.1) is 0 Å². The number of ether oxygens (including phenoxy) is 1. The summed E-state index contributed by atoms with van der Waals surface area (Å²) >= 11 is 0. The zero-order valence-electron chi connectivity index (χ0n) is 9.08. The van der Waals surface area contributed by atoms with E-state index < -0.39 is 0 Å². The van der Waals surface area contributed by atoms with Crippen LogP contribution in [0.5, 0.6) is 0 Å². The summed E-state index contributed by atoms with van der Waals surface area (Å²) in [6.45, 7) is 8.51. The molecule has 0 bridgehead atoms. The van der Waals surface area contributed by atoms with Crippen LogP contribution in [0.4, 0.5) is 0 Å². The van der Waals surface area contributed by atoms with Crippen LogP contribution in [0.25, 0.3) is 0 Å². The Hall–Kier alpha value is -0.870. The molecule has 14 heavy (non-hydrogen) atoms. The summed E-state index contributed by atoms with van der Waals surface area (Å²) in [7, 11) is 1.63. The molecule has 82 valence electrons. The number of nitrogens with zero attached hydrogens (tertiary/aromatic N) is 1. The van der Waals surface area contributed by atoms with Crippen molar-refractivity contribution in [2.24, 2.45) is 0 Å². The molecule has 0 atom stereocenters. The van der Waals surface area contributed by atoms with Gasteiger partial charge in [-0.25, -0.2) is 0 Å². The number of carbonyl (C=O) groups excluding carboxylic acids is 1. The van der Waals surface area contributed by atoms with E-state index in [1.807, 2.05) is 6.92 Å². The molecule has 0 heterocycles. The van der Waals surface area contributed by atoms with Crippen molar-refractivity contribution in [1.82, 2.24) is 10.2 Å². The van der Waals surface area contributed by atoms with Gasteiger partial charge in [-0.05, 0) is 6.92 Å². The van der Waals surface area contributed by atoms with E-state index in [1.54, 1.807) is 18.1 Å². The normalized spacial score (nSPS) is 9.86. The van der Waals surface area contributed by atoms with Crippen molar-refractivity contribution in [2.45, 2.75) is 6.92 Å². The fourth-order valence-corrected chi connectivity index (χ4v) is 1.05. The maximum atomic E-state index is 11.5. The van der Waals surface area contributed by atoms with Crippen LogP contribution >= 0.6 is 0 Å². The lowest BCUT2D eigenvalue weighted by Gasteiger charge is -2.20. The average molecular weight is 200 g/mol. The summed E-state index contributed by atoms with van der Waals surface area (Å²) in [4.78, 5) is 13.3. The maximum Gasteiger partial charge on any atom is 0.236 e. The lowest BCUT2D eigenvalue weighted by atomic mass is 10.4. The van der Waals surface area contributed by atoms with Crippen molar-refractivity contribution in [3.05, 3.63) is 12.7 Å². The molecule has 0 saturated heterocycles. The first-order chi connectivity index (χ1) is 6.76. The van der Waals surface area contributed by atoms with Gasteiger partial charge in [0.2, 0.25) is 5.91 Å². The Kier molecular flexibility index (Phi) is 8.17. The second kappa shape index (κ2) is 8.72. The van der Waals surface area contributed by atoms with E-state index in [9.17, 15) is 4.79 Å². The van der Waals surface area contributed by atoms with Crippen LogP contribution in [0.2, 0.25) is 0 Å². The van der Waals surface area contributed by atoms with E-state index in [2.05, 4.69) is 11.9 Å². The molecule has 0 aliphatic heterocycles. The number of hydrogen-bond acceptors (Lipinski definition) is 3. The van der Waals surface area contributed by atoms with E-state index in [0.29, 0.717) is 26.2 Å². The molecular formula is C10H20N2O2. The number of likely N-dealkylation sites (N-methyl/N-ethyl adjacent to an activating group) is 1. The highest BCUT2D eigenvalue weighted by atomic mass is 16.5.